The number of hydrogen-bond acceptors (Lipinski definition) is 2. The fourth-order valence-corrected chi connectivity index (χ4v) is 3.60. The first-order valence-electron chi connectivity index (χ1n) is 9.42. The normalized spacial score (nSPS) is 10.8. The maximum absolute atomic E-state index is 14.5. The van der Waals surface area contributed by atoms with Gasteiger partial charge in [0, 0.05) is 62.5 Å². The molecule has 0 aliphatic rings. The van der Waals surface area contributed by atoms with Gasteiger partial charge in [-0.3, -0.25) is 0 Å². The zero-order valence-electron chi connectivity index (χ0n) is 17.2. The molecule has 0 amide bonds. The van der Waals surface area contributed by atoms with Crippen LogP contribution in [0.5, 0.6) is 0 Å². The fourth-order valence-electron chi connectivity index (χ4n) is 3.60. The van der Waals surface area contributed by atoms with Crippen molar-refractivity contribution in [3.63, 3.8) is 0 Å². The molecule has 0 radical (unpaired) electrons. The number of fused-ring (bicyclic) bond motifs is 2. The van der Waals surface area contributed by atoms with Crippen LogP contribution in [-0.4, -0.2) is 28.2 Å². The monoisotopic (exact) mass is 453 g/mol. The maximum atomic E-state index is 14.5. The fraction of sp³-hybridized carbons (Fsp3) is 0.208. The molecule has 5 heteroatoms. The molecule has 0 saturated carbocycles. The summed E-state index contributed by atoms with van der Waals surface area (Å²) in [7, 11) is 8.14. The number of aromatic nitrogens is 1. The molecule has 0 bridgehead atoms. The summed E-state index contributed by atoms with van der Waals surface area (Å²) in [4.78, 5) is 4.18. The quantitative estimate of drug-likeness (QED) is 0.343. The van der Waals surface area contributed by atoms with Crippen LogP contribution in [0.15, 0.2) is 66.7 Å². The second-order valence-corrected chi connectivity index (χ2v) is 7.60. The lowest BCUT2D eigenvalue weighted by atomic mass is 10.1. The molecule has 0 atom stereocenters. The predicted molar refractivity (Wildman–Crippen MR) is 116 cm³/mol. The van der Waals surface area contributed by atoms with Gasteiger partial charge in [0.15, 0.2) is 6.54 Å². The Balaban J connectivity index is 0.00000240. The average Bonchev–Trinajstić information content (AvgIpc) is 2.68. The van der Waals surface area contributed by atoms with Crippen LogP contribution in [0, 0.1) is 5.82 Å². The highest BCUT2D eigenvalue weighted by Gasteiger charge is 2.19. The minimum atomic E-state index is -0.173. The van der Waals surface area contributed by atoms with Crippen molar-refractivity contribution in [2.24, 2.45) is 0 Å². The van der Waals surface area contributed by atoms with E-state index in [1.54, 1.807) is 6.07 Å². The van der Waals surface area contributed by atoms with Gasteiger partial charge in [0.2, 0.25) is 11.0 Å². The van der Waals surface area contributed by atoms with Crippen molar-refractivity contribution < 1.29 is 25.9 Å². The van der Waals surface area contributed by atoms with Crippen LogP contribution in [0.25, 0.3) is 21.8 Å². The van der Waals surface area contributed by atoms with E-state index >= 15 is 0 Å². The van der Waals surface area contributed by atoms with Crippen LogP contribution >= 0.6 is 0 Å². The summed E-state index contributed by atoms with van der Waals surface area (Å²) in [6.45, 7) is 0.480. The molecule has 0 fully saturated rings. The molecule has 150 valence electrons. The van der Waals surface area contributed by atoms with E-state index in [1.807, 2.05) is 40.3 Å². The third kappa shape index (κ3) is 4.06. The highest BCUT2D eigenvalue weighted by atomic mass is 79.9. The molecule has 4 aromatic rings. The van der Waals surface area contributed by atoms with Crippen molar-refractivity contribution in [3.8, 4) is 0 Å². The lowest BCUT2D eigenvalue weighted by Gasteiger charge is -2.15. The van der Waals surface area contributed by atoms with Crippen LogP contribution in [0.4, 0.5) is 15.8 Å². The molecule has 3 aromatic carbocycles. The number of hydrogen-bond donors (Lipinski definition) is 0. The van der Waals surface area contributed by atoms with Gasteiger partial charge >= 0.3 is 0 Å². The lowest BCUT2D eigenvalue weighted by Crippen LogP contribution is -3.00. The Morgan fingerprint density at radius 1 is 0.724 bits per heavy atom. The minimum Gasteiger partial charge on any atom is -1.00 e. The Kier molecular flexibility index (Phi) is 6.08. The molecule has 0 spiro atoms. The van der Waals surface area contributed by atoms with Gasteiger partial charge < -0.3 is 26.8 Å². The number of rotatable bonds is 4. The van der Waals surface area contributed by atoms with Gasteiger partial charge in [-0.25, -0.2) is 4.39 Å². The SMILES string of the molecule is CN(C)c1ccc2cc3ccc(N(C)C)cc3[n+](Cc3ccccc3F)c2c1.[Br-]. The van der Waals surface area contributed by atoms with Gasteiger partial charge in [-0.05, 0) is 42.5 Å². The molecule has 0 aliphatic heterocycles. The maximum Gasteiger partial charge on any atom is 0.215 e. The third-order valence-corrected chi connectivity index (χ3v) is 5.24. The number of benzene rings is 3. The van der Waals surface area contributed by atoms with E-state index in [4.69, 9.17) is 0 Å². The summed E-state index contributed by atoms with van der Waals surface area (Å²) in [5.74, 6) is -0.173. The van der Waals surface area contributed by atoms with Crippen molar-refractivity contribution >= 4 is 33.2 Å². The van der Waals surface area contributed by atoms with Crippen molar-refractivity contribution in [1.29, 1.82) is 0 Å². The third-order valence-electron chi connectivity index (χ3n) is 5.24. The van der Waals surface area contributed by atoms with Gasteiger partial charge in [-0.2, -0.15) is 4.57 Å². The van der Waals surface area contributed by atoms with Gasteiger partial charge in [0.25, 0.3) is 0 Å². The zero-order chi connectivity index (χ0) is 19.8. The summed E-state index contributed by atoms with van der Waals surface area (Å²) < 4.78 is 16.7. The number of nitrogens with zero attached hydrogens (tertiary/aromatic N) is 3. The van der Waals surface area contributed by atoms with Crippen LogP contribution in [-0.2, 0) is 6.54 Å². The van der Waals surface area contributed by atoms with Crippen LogP contribution in [0.2, 0.25) is 0 Å². The Morgan fingerprint density at radius 3 is 1.72 bits per heavy atom. The summed E-state index contributed by atoms with van der Waals surface area (Å²) in [6.07, 6.45) is 0. The highest BCUT2D eigenvalue weighted by molar-refractivity contribution is 5.91. The van der Waals surface area contributed by atoms with E-state index < -0.39 is 0 Å². The Morgan fingerprint density at radius 2 is 1.24 bits per heavy atom. The molecule has 1 aromatic heterocycles. The van der Waals surface area contributed by atoms with E-state index in [0.717, 1.165) is 33.2 Å². The summed E-state index contributed by atoms with van der Waals surface area (Å²) in [5.41, 5.74) is 5.12. The van der Waals surface area contributed by atoms with E-state index in [1.165, 1.54) is 6.07 Å². The van der Waals surface area contributed by atoms with Crippen LogP contribution in [0.3, 0.4) is 0 Å². The standard InChI is InChI=1S/C24H25FN3.BrH/c1-26(2)20-11-9-17-13-18-10-12-21(27(3)4)15-24(18)28(23(17)14-20)16-19-7-5-6-8-22(19)25;/h5-15H,16H2,1-4H3;1H/q+1;/p-1. The smallest absolute Gasteiger partial charge is 0.215 e. The van der Waals surface area contributed by atoms with E-state index in [9.17, 15) is 4.39 Å². The van der Waals surface area contributed by atoms with Crippen molar-refractivity contribution in [2.75, 3.05) is 38.0 Å². The largest absolute Gasteiger partial charge is 1.00 e. The molecule has 1 heterocycles. The lowest BCUT2D eigenvalue weighted by molar-refractivity contribution is -0.636. The van der Waals surface area contributed by atoms with Gasteiger partial charge in [0.1, 0.15) is 5.82 Å². The molecule has 3 nitrogen and oxygen atoms in total. The molecule has 0 aliphatic carbocycles. The van der Waals surface area contributed by atoms with Gasteiger partial charge in [0.05, 0.1) is 5.56 Å². The van der Waals surface area contributed by atoms with Crippen LogP contribution in [0.1, 0.15) is 5.56 Å². The van der Waals surface area contributed by atoms with Gasteiger partial charge in [-0.15, -0.1) is 0 Å². The summed E-state index contributed by atoms with van der Waals surface area (Å²) in [6, 6.07) is 22.1. The zero-order valence-corrected chi connectivity index (χ0v) is 18.7. The van der Waals surface area contributed by atoms with Crippen LogP contribution < -0.4 is 31.3 Å². The summed E-state index contributed by atoms with van der Waals surface area (Å²) >= 11 is 0. The molecule has 0 unspecified atom stereocenters. The molecular weight excluding hydrogens is 429 g/mol. The second-order valence-electron chi connectivity index (χ2n) is 7.60. The number of halogens is 2. The van der Waals surface area contributed by atoms with Crippen molar-refractivity contribution in [3.05, 3.63) is 78.1 Å². The second kappa shape index (κ2) is 8.37. The highest BCUT2D eigenvalue weighted by Crippen LogP contribution is 2.26. The first kappa shape index (κ1) is 21.1. The van der Waals surface area contributed by atoms with E-state index in [-0.39, 0.29) is 22.8 Å². The van der Waals surface area contributed by atoms with Crippen molar-refractivity contribution in [1.82, 2.24) is 0 Å². The molecule has 4 rings (SSSR count). The first-order chi connectivity index (χ1) is 13.4. The molecule has 0 N–H and O–H groups in total. The number of pyridine rings is 1. The average molecular weight is 454 g/mol. The Labute approximate surface area is 181 Å². The Hall–Kier alpha value is -2.66. The van der Waals surface area contributed by atoms with Crippen molar-refractivity contribution in [2.45, 2.75) is 6.54 Å². The predicted octanol–water partition coefficient (Wildman–Crippen LogP) is 1.60. The molecular formula is C24H25BrFN3. The van der Waals surface area contributed by atoms with E-state index in [0.29, 0.717) is 12.1 Å². The topological polar surface area (TPSA) is 10.4 Å². The Bertz CT molecular complexity index is 1110. The number of anilines is 2. The summed E-state index contributed by atoms with van der Waals surface area (Å²) in [5, 5.41) is 2.29. The minimum absolute atomic E-state index is 0. The first-order valence-corrected chi connectivity index (χ1v) is 9.42. The molecule has 29 heavy (non-hydrogen) atoms. The van der Waals surface area contributed by atoms with E-state index in [2.05, 4.69) is 56.8 Å². The van der Waals surface area contributed by atoms with Gasteiger partial charge in [-0.1, -0.05) is 12.1 Å². The molecule has 0 saturated heterocycles.